The van der Waals surface area contributed by atoms with Crippen LogP contribution in [-0.2, 0) is 0 Å². The molecular weight excluding hydrogens is 272 g/mol. The van der Waals surface area contributed by atoms with Gasteiger partial charge >= 0.3 is 0 Å². The van der Waals surface area contributed by atoms with Crippen LogP contribution in [0.2, 0.25) is 0 Å². The number of nitrogens with zero attached hydrogens (tertiary/aromatic N) is 1. The van der Waals surface area contributed by atoms with Crippen molar-refractivity contribution < 1.29 is 8.78 Å². The van der Waals surface area contributed by atoms with Crippen LogP contribution in [0.5, 0.6) is 0 Å². The fourth-order valence-corrected chi connectivity index (χ4v) is 3.90. The number of hydrogen-bond donors (Lipinski definition) is 2. The first-order valence-corrected chi connectivity index (χ1v) is 7.68. The molecule has 0 bridgehead atoms. The predicted octanol–water partition coefficient (Wildman–Crippen LogP) is 3.41. The minimum Gasteiger partial charge on any atom is -0.384 e. The van der Waals surface area contributed by atoms with Gasteiger partial charge in [0, 0.05) is 18.2 Å². The number of hydrogen-bond acceptors (Lipinski definition) is 2. The Bertz CT molecular complexity index is 533. The van der Waals surface area contributed by atoms with E-state index in [1.165, 1.54) is 18.6 Å². The first-order valence-electron chi connectivity index (χ1n) is 7.68. The molecule has 1 aromatic carbocycles. The molecule has 0 spiro atoms. The number of nitrogen functional groups attached to an aromatic ring is 1. The van der Waals surface area contributed by atoms with Crippen molar-refractivity contribution in [3.8, 4) is 0 Å². The molecule has 5 heteroatoms. The van der Waals surface area contributed by atoms with E-state index >= 15 is 0 Å². The highest BCUT2D eigenvalue weighted by molar-refractivity contribution is 5.95. The highest BCUT2D eigenvalue weighted by Crippen LogP contribution is 2.39. The third kappa shape index (κ3) is 2.61. The maximum atomic E-state index is 14.4. The van der Waals surface area contributed by atoms with Gasteiger partial charge in [-0.1, -0.05) is 12.8 Å². The molecule has 1 saturated heterocycles. The number of anilines is 1. The van der Waals surface area contributed by atoms with E-state index in [-0.39, 0.29) is 23.1 Å². The summed E-state index contributed by atoms with van der Waals surface area (Å²) in [6, 6.07) is 2.60. The van der Waals surface area contributed by atoms with Crippen molar-refractivity contribution >= 4 is 11.5 Å². The molecule has 0 aromatic heterocycles. The Kier molecular flexibility index (Phi) is 3.83. The second kappa shape index (κ2) is 5.62. The van der Waals surface area contributed by atoms with E-state index in [1.807, 2.05) is 4.90 Å². The molecule has 2 fully saturated rings. The molecule has 0 radical (unpaired) electrons. The van der Waals surface area contributed by atoms with Crippen LogP contribution >= 0.6 is 0 Å². The Morgan fingerprint density at radius 2 is 1.71 bits per heavy atom. The third-order valence-electron chi connectivity index (χ3n) is 4.86. The van der Waals surface area contributed by atoms with Crippen LogP contribution in [0.25, 0.3) is 0 Å². The van der Waals surface area contributed by atoms with Crippen molar-refractivity contribution in [2.75, 3.05) is 11.4 Å². The number of nitrogens with two attached hydrogens (primary N) is 1. The van der Waals surface area contributed by atoms with Crippen molar-refractivity contribution in [1.29, 1.82) is 5.41 Å². The van der Waals surface area contributed by atoms with Crippen LogP contribution in [0.15, 0.2) is 12.1 Å². The van der Waals surface area contributed by atoms with Gasteiger partial charge in [0.2, 0.25) is 0 Å². The summed E-state index contributed by atoms with van der Waals surface area (Å²) in [4.78, 5) is 1.92. The molecule has 21 heavy (non-hydrogen) atoms. The Hall–Kier alpha value is -1.65. The van der Waals surface area contributed by atoms with E-state index in [0.29, 0.717) is 12.5 Å². The smallest absolute Gasteiger partial charge is 0.150 e. The van der Waals surface area contributed by atoms with E-state index in [2.05, 4.69) is 0 Å². The Morgan fingerprint density at radius 3 is 2.38 bits per heavy atom. The average Bonchev–Trinajstić information content (AvgIpc) is 2.46. The lowest BCUT2D eigenvalue weighted by Crippen LogP contribution is -2.47. The number of rotatable bonds is 2. The fourth-order valence-electron chi connectivity index (χ4n) is 3.90. The zero-order chi connectivity index (χ0) is 15.0. The maximum Gasteiger partial charge on any atom is 0.150 e. The molecule has 0 amide bonds. The van der Waals surface area contributed by atoms with E-state index in [4.69, 9.17) is 11.1 Å². The molecule has 0 unspecified atom stereocenters. The molecular formula is C16H21F2N3. The van der Waals surface area contributed by atoms with Crippen molar-refractivity contribution in [1.82, 2.24) is 0 Å². The van der Waals surface area contributed by atoms with Crippen molar-refractivity contribution in [2.45, 2.75) is 44.6 Å². The number of amidine groups is 1. The molecule has 1 heterocycles. The third-order valence-corrected chi connectivity index (χ3v) is 4.86. The lowest BCUT2D eigenvalue weighted by Gasteiger charge is -2.45. The zero-order valence-corrected chi connectivity index (χ0v) is 12.0. The lowest BCUT2D eigenvalue weighted by molar-refractivity contribution is 0.241. The Morgan fingerprint density at radius 1 is 1.10 bits per heavy atom. The summed E-state index contributed by atoms with van der Waals surface area (Å²) in [5, 5.41) is 7.32. The Balaban J connectivity index is 1.97. The van der Waals surface area contributed by atoms with E-state index in [1.54, 1.807) is 0 Å². The van der Waals surface area contributed by atoms with E-state index in [0.717, 1.165) is 32.1 Å². The van der Waals surface area contributed by atoms with Gasteiger partial charge in [-0.3, -0.25) is 5.41 Å². The quantitative estimate of drug-likeness (QED) is 0.648. The van der Waals surface area contributed by atoms with Gasteiger partial charge in [0.1, 0.15) is 23.2 Å². The first-order chi connectivity index (χ1) is 10.1. The average molecular weight is 293 g/mol. The van der Waals surface area contributed by atoms with Crippen LogP contribution < -0.4 is 10.6 Å². The van der Waals surface area contributed by atoms with Crippen molar-refractivity contribution in [2.24, 2.45) is 11.7 Å². The summed E-state index contributed by atoms with van der Waals surface area (Å²) in [6.45, 7) is 0.703. The van der Waals surface area contributed by atoms with Crippen molar-refractivity contribution in [3.05, 3.63) is 29.3 Å². The summed E-state index contributed by atoms with van der Waals surface area (Å²) in [6.07, 6.45) is 6.67. The number of fused-ring (bicyclic) bond motifs is 1. The normalized spacial score (nSPS) is 25.5. The van der Waals surface area contributed by atoms with E-state index in [9.17, 15) is 8.78 Å². The van der Waals surface area contributed by atoms with Gasteiger partial charge in [-0.2, -0.15) is 0 Å². The largest absolute Gasteiger partial charge is 0.384 e. The highest BCUT2D eigenvalue weighted by Gasteiger charge is 2.35. The summed E-state index contributed by atoms with van der Waals surface area (Å²) in [7, 11) is 0. The SMILES string of the molecule is N=C(N)c1cc(F)c(N2CCC[C@H]3CCCC[C@H]32)c(F)c1. The highest BCUT2D eigenvalue weighted by atomic mass is 19.1. The second-order valence-electron chi connectivity index (χ2n) is 6.15. The number of piperidine rings is 1. The molecule has 3 N–H and O–H groups in total. The number of halogens is 2. The standard InChI is InChI=1S/C16H21F2N3/c17-12-8-11(16(19)20)9-13(18)15(12)21-7-3-5-10-4-1-2-6-14(10)21/h8-10,14H,1-7H2,(H3,19,20)/t10-,14-/m1/s1. The lowest BCUT2D eigenvalue weighted by atomic mass is 9.78. The van der Waals surface area contributed by atoms with Crippen LogP contribution in [0.1, 0.15) is 44.1 Å². The molecule has 1 aromatic rings. The predicted molar refractivity (Wildman–Crippen MR) is 79.7 cm³/mol. The van der Waals surface area contributed by atoms with Crippen LogP contribution in [0.4, 0.5) is 14.5 Å². The minimum absolute atomic E-state index is 0.0663. The first kappa shape index (κ1) is 14.3. The number of nitrogens with one attached hydrogen (secondary N) is 1. The molecule has 2 aliphatic rings. The Labute approximate surface area is 123 Å². The van der Waals surface area contributed by atoms with Gasteiger partial charge in [-0.15, -0.1) is 0 Å². The van der Waals surface area contributed by atoms with Crippen LogP contribution in [0, 0.1) is 23.0 Å². The van der Waals surface area contributed by atoms with Gasteiger partial charge in [-0.25, -0.2) is 8.78 Å². The van der Waals surface area contributed by atoms with Gasteiger partial charge < -0.3 is 10.6 Å². The molecule has 3 rings (SSSR count). The van der Waals surface area contributed by atoms with Crippen molar-refractivity contribution in [3.63, 3.8) is 0 Å². The summed E-state index contributed by atoms with van der Waals surface area (Å²) in [5.41, 5.74) is 5.49. The van der Waals surface area contributed by atoms with Gasteiger partial charge in [0.25, 0.3) is 0 Å². The summed E-state index contributed by atoms with van der Waals surface area (Å²) >= 11 is 0. The molecule has 1 aliphatic heterocycles. The van der Waals surface area contributed by atoms with Gasteiger partial charge in [-0.05, 0) is 43.7 Å². The maximum absolute atomic E-state index is 14.4. The molecule has 2 atom stereocenters. The molecule has 1 aliphatic carbocycles. The van der Waals surface area contributed by atoms with Crippen LogP contribution in [-0.4, -0.2) is 18.4 Å². The number of benzene rings is 1. The minimum atomic E-state index is -0.605. The topological polar surface area (TPSA) is 53.1 Å². The summed E-state index contributed by atoms with van der Waals surface area (Å²) < 4.78 is 28.8. The van der Waals surface area contributed by atoms with Gasteiger partial charge in [0.05, 0.1) is 0 Å². The summed E-state index contributed by atoms with van der Waals surface area (Å²) in [5.74, 6) is -0.967. The van der Waals surface area contributed by atoms with Crippen LogP contribution in [0.3, 0.4) is 0 Å². The second-order valence-corrected chi connectivity index (χ2v) is 6.15. The fraction of sp³-hybridized carbons (Fsp3) is 0.562. The van der Waals surface area contributed by atoms with Gasteiger partial charge in [0.15, 0.2) is 0 Å². The monoisotopic (exact) mass is 293 g/mol. The molecule has 1 saturated carbocycles. The molecule has 114 valence electrons. The zero-order valence-electron chi connectivity index (χ0n) is 12.0. The molecule has 3 nitrogen and oxygen atoms in total. The van der Waals surface area contributed by atoms with E-state index < -0.39 is 11.6 Å².